The van der Waals surface area contributed by atoms with Crippen LogP contribution in [0.25, 0.3) is 0 Å². The summed E-state index contributed by atoms with van der Waals surface area (Å²) in [7, 11) is 2.22. The zero-order valence-corrected chi connectivity index (χ0v) is 13.3. The third kappa shape index (κ3) is 5.75. The van der Waals surface area contributed by atoms with Gasteiger partial charge < -0.3 is 10.2 Å². The lowest BCUT2D eigenvalue weighted by atomic mass is 9.86. The van der Waals surface area contributed by atoms with Crippen LogP contribution in [-0.4, -0.2) is 31.6 Å². The first-order chi connectivity index (χ1) is 8.99. The van der Waals surface area contributed by atoms with Crippen molar-refractivity contribution in [2.24, 2.45) is 5.41 Å². The summed E-state index contributed by atoms with van der Waals surface area (Å²) in [6.45, 7) is 13.3. The molecule has 0 spiro atoms. The lowest BCUT2D eigenvalue weighted by Gasteiger charge is -2.33. The number of nitrogens with one attached hydrogen (secondary N) is 1. The molecule has 1 aromatic rings. The van der Waals surface area contributed by atoms with Crippen LogP contribution in [0.2, 0.25) is 0 Å². The highest BCUT2D eigenvalue weighted by Crippen LogP contribution is 2.22. The minimum absolute atomic E-state index is 0.357. The van der Waals surface area contributed by atoms with E-state index in [9.17, 15) is 0 Å². The van der Waals surface area contributed by atoms with E-state index in [2.05, 4.69) is 69.2 Å². The molecule has 1 aromatic carbocycles. The Bertz CT molecular complexity index is 358. The number of nitrogens with zero attached hydrogens (tertiary/aromatic N) is 1. The first-order valence-corrected chi connectivity index (χ1v) is 7.44. The quantitative estimate of drug-likeness (QED) is 0.772. The maximum absolute atomic E-state index is 3.49. The molecule has 1 atom stereocenters. The fraction of sp³-hybridized carbons (Fsp3) is 0.647. The molecule has 0 amide bonds. The summed E-state index contributed by atoms with van der Waals surface area (Å²) >= 11 is 0. The summed E-state index contributed by atoms with van der Waals surface area (Å²) in [5.74, 6) is 0. The van der Waals surface area contributed by atoms with Gasteiger partial charge in [-0.2, -0.15) is 0 Å². The van der Waals surface area contributed by atoms with Crippen LogP contribution >= 0.6 is 0 Å². The minimum atomic E-state index is 0.357. The van der Waals surface area contributed by atoms with E-state index in [1.165, 1.54) is 17.5 Å². The van der Waals surface area contributed by atoms with E-state index in [1.807, 2.05) is 0 Å². The second-order valence-electron chi connectivity index (χ2n) is 6.10. The van der Waals surface area contributed by atoms with E-state index in [-0.39, 0.29) is 0 Å². The average molecular weight is 262 g/mol. The molecule has 0 aliphatic heterocycles. The van der Waals surface area contributed by atoms with Crippen molar-refractivity contribution in [1.82, 2.24) is 10.2 Å². The normalized spacial score (nSPS) is 14.6. The predicted octanol–water partition coefficient (Wildman–Crippen LogP) is 3.45. The largest absolute Gasteiger partial charge is 0.316 e. The molecule has 1 N–H and O–H groups in total. The van der Waals surface area contributed by atoms with Gasteiger partial charge in [0.1, 0.15) is 0 Å². The molecule has 2 nitrogen and oxygen atoms in total. The van der Waals surface area contributed by atoms with Crippen LogP contribution in [0, 0.1) is 12.3 Å². The second kappa shape index (κ2) is 7.66. The van der Waals surface area contributed by atoms with E-state index < -0.39 is 0 Å². The fourth-order valence-electron chi connectivity index (χ4n) is 2.43. The van der Waals surface area contributed by atoms with E-state index in [0.29, 0.717) is 5.41 Å². The summed E-state index contributed by atoms with van der Waals surface area (Å²) in [4.78, 5) is 2.44. The average Bonchev–Trinajstić information content (AvgIpc) is 2.39. The molecular formula is C17H30N2. The van der Waals surface area contributed by atoms with Crippen molar-refractivity contribution < 1.29 is 0 Å². The van der Waals surface area contributed by atoms with E-state index in [0.717, 1.165) is 26.2 Å². The molecule has 0 radical (unpaired) electrons. The Morgan fingerprint density at radius 2 is 1.79 bits per heavy atom. The van der Waals surface area contributed by atoms with Crippen molar-refractivity contribution in [3.63, 3.8) is 0 Å². The predicted molar refractivity (Wildman–Crippen MR) is 84.5 cm³/mol. The Balaban J connectivity index is 2.52. The number of aryl methyl sites for hydroxylation is 1. The monoisotopic (exact) mass is 262 g/mol. The smallest absolute Gasteiger partial charge is 0.0230 e. The van der Waals surface area contributed by atoms with Crippen LogP contribution in [0.15, 0.2) is 24.3 Å². The van der Waals surface area contributed by atoms with Gasteiger partial charge in [0.2, 0.25) is 0 Å². The first-order valence-electron chi connectivity index (χ1n) is 7.44. The molecule has 0 heterocycles. The van der Waals surface area contributed by atoms with Crippen molar-refractivity contribution in [3.8, 4) is 0 Å². The maximum Gasteiger partial charge on any atom is 0.0230 e. The number of benzene rings is 1. The summed E-state index contributed by atoms with van der Waals surface area (Å²) in [6.07, 6.45) is 1.21. The lowest BCUT2D eigenvalue weighted by molar-refractivity contribution is 0.176. The Kier molecular flexibility index (Phi) is 6.53. The molecule has 0 aromatic heterocycles. The summed E-state index contributed by atoms with van der Waals surface area (Å²) in [5.41, 5.74) is 3.09. The van der Waals surface area contributed by atoms with Crippen molar-refractivity contribution in [1.29, 1.82) is 0 Å². The van der Waals surface area contributed by atoms with Gasteiger partial charge in [-0.1, -0.05) is 50.6 Å². The highest BCUT2D eigenvalue weighted by Gasteiger charge is 2.23. The molecule has 0 bridgehead atoms. The fourth-order valence-corrected chi connectivity index (χ4v) is 2.43. The molecular weight excluding hydrogens is 232 g/mol. The van der Waals surface area contributed by atoms with Crippen LogP contribution in [0.3, 0.4) is 0 Å². The zero-order valence-electron chi connectivity index (χ0n) is 13.3. The van der Waals surface area contributed by atoms with Crippen LogP contribution < -0.4 is 5.32 Å². The molecule has 2 heteroatoms. The SMILES string of the molecule is CCNCC(C)(CC)CN(C)Cc1ccc(C)cc1. The second-order valence-corrected chi connectivity index (χ2v) is 6.10. The summed E-state index contributed by atoms with van der Waals surface area (Å²) < 4.78 is 0. The van der Waals surface area contributed by atoms with E-state index in [4.69, 9.17) is 0 Å². The van der Waals surface area contributed by atoms with Crippen LogP contribution in [0.1, 0.15) is 38.3 Å². The molecule has 0 saturated heterocycles. The van der Waals surface area contributed by atoms with Gasteiger partial charge in [-0.05, 0) is 37.9 Å². The van der Waals surface area contributed by atoms with Crippen LogP contribution in [0.4, 0.5) is 0 Å². The first kappa shape index (κ1) is 16.2. The van der Waals surface area contributed by atoms with Crippen molar-refractivity contribution in [2.75, 3.05) is 26.7 Å². The lowest BCUT2D eigenvalue weighted by Crippen LogP contribution is -2.40. The van der Waals surface area contributed by atoms with Gasteiger partial charge in [0, 0.05) is 19.6 Å². The highest BCUT2D eigenvalue weighted by molar-refractivity contribution is 5.21. The molecule has 0 saturated carbocycles. The molecule has 108 valence electrons. The van der Waals surface area contributed by atoms with Crippen molar-refractivity contribution >= 4 is 0 Å². The van der Waals surface area contributed by atoms with Gasteiger partial charge in [0.05, 0.1) is 0 Å². The number of hydrogen-bond donors (Lipinski definition) is 1. The molecule has 0 fully saturated rings. The van der Waals surface area contributed by atoms with Gasteiger partial charge >= 0.3 is 0 Å². The van der Waals surface area contributed by atoms with Gasteiger partial charge in [-0.25, -0.2) is 0 Å². The maximum atomic E-state index is 3.49. The van der Waals surface area contributed by atoms with Crippen molar-refractivity contribution in [3.05, 3.63) is 35.4 Å². The van der Waals surface area contributed by atoms with E-state index in [1.54, 1.807) is 0 Å². The van der Waals surface area contributed by atoms with Crippen LogP contribution in [-0.2, 0) is 6.54 Å². The third-order valence-electron chi connectivity index (χ3n) is 3.88. The Labute approximate surface area is 119 Å². The Morgan fingerprint density at radius 3 is 2.32 bits per heavy atom. The van der Waals surface area contributed by atoms with Crippen molar-refractivity contribution in [2.45, 2.75) is 40.7 Å². The zero-order chi connectivity index (χ0) is 14.3. The molecule has 0 aliphatic carbocycles. The summed E-state index contributed by atoms with van der Waals surface area (Å²) in [5, 5.41) is 3.49. The highest BCUT2D eigenvalue weighted by atomic mass is 15.1. The summed E-state index contributed by atoms with van der Waals surface area (Å²) in [6, 6.07) is 8.86. The van der Waals surface area contributed by atoms with Gasteiger partial charge in [-0.3, -0.25) is 0 Å². The van der Waals surface area contributed by atoms with Gasteiger partial charge in [0.15, 0.2) is 0 Å². The number of rotatable bonds is 8. The Morgan fingerprint density at radius 1 is 1.16 bits per heavy atom. The van der Waals surface area contributed by atoms with Gasteiger partial charge in [0.25, 0.3) is 0 Å². The van der Waals surface area contributed by atoms with Crippen LogP contribution in [0.5, 0.6) is 0 Å². The number of hydrogen-bond acceptors (Lipinski definition) is 2. The molecule has 19 heavy (non-hydrogen) atoms. The molecule has 1 rings (SSSR count). The molecule has 1 unspecified atom stereocenters. The van der Waals surface area contributed by atoms with Gasteiger partial charge in [-0.15, -0.1) is 0 Å². The topological polar surface area (TPSA) is 15.3 Å². The molecule has 0 aliphatic rings. The third-order valence-corrected chi connectivity index (χ3v) is 3.88. The standard InChI is InChI=1S/C17H30N2/c1-6-17(4,13-18-7-2)14-19(5)12-16-10-8-15(3)9-11-16/h8-11,18H,6-7,12-14H2,1-5H3. The minimum Gasteiger partial charge on any atom is -0.316 e. The Hall–Kier alpha value is -0.860. The van der Waals surface area contributed by atoms with E-state index >= 15 is 0 Å².